The zero-order chi connectivity index (χ0) is 12.3. The first-order valence-corrected chi connectivity index (χ1v) is 3.92. The van der Waals surface area contributed by atoms with E-state index in [1.54, 1.807) is 0 Å². The minimum atomic E-state index is -3.12. The summed E-state index contributed by atoms with van der Waals surface area (Å²) < 4.78 is 29.8. The van der Waals surface area contributed by atoms with Crippen LogP contribution in [-0.2, 0) is 0 Å². The molecule has 8 heteroatoms. The molecule has 0 N–H and O–H groups in total. The fraction of sp³-hybridized carbons (Fsp3) is 0.250. The molecule has 1 rings (SSSR count). The minimum absolute atomic E-state index is 0.416. The van der Waals surface area contributed by atoms with Gasteiger partial charge in [0.2, 0.25) is 5.69 Å². The van der Waals surface area contributed by atoms with Crippen molar-refractivity contribution in [2.75, 3.05) is 7.11 Å². The van der Waals surface area contributed by atoms with Crippen molar-refractivity contribution in [3.63, 3.8) is 0 Å². The largest absolute Gasteiger partial charge is 0.494 e. The van der Waals surface area contributed by atoms with E-state index < -0.39 is 34.0 Å². The lowest BCUT2D eigenvalue weighted by molar-refractivity contribution is -0.386. The second-order valence-corrected chi connectivity index (χ2v) is 2.61. The number of pyridine rings is 1. The van der Waals surface area contributed by atoms with Gasteiger partial charge in [-0.2, -0.15) is 5.26 Å². The first-order chi connectivity index (χ1) is 7.52. The smallest absolute Gasteiger partial charge is 0.318 e. The second-order valence-electron chi connectivity index (χ2n) is 2.61. The average molecular weight is 229 g/mol. The van der Waals surface area contributed by atoms with Crippen LogP contribution in [0, 0.1) is 21.4 Å². The highest BCUT2D eigenvalue weighted by Gasteiger charge is 2.31. The molecular formula is C8H5F2N3O3. The standard InChI is InChI=1S/C8H5F2N3O3/c1-16-5-3-12-4(2-11)7(13(14)15)6(5)8(9)10/h3,8H,1H3. The van der Waals surface area contributed by atoms with Crippen LogP contribution in [0.5, 0.6) is 5.75 Å². The summed E-state index contributed by atoms with van der Waals surface area (Å²) in [7, 11) is 1.08. The molecule has 84 valence electrons. The molecule has 1 aromatic rings. The van der Waals surface area contributed by atoms with Crippen molar-refractivity contribution in [1.82, 2.24) is 4.98 Å². The van der Waals surface area contributed by atoms with E-state index in [2.05, 4.69) is 9.72 Å². The molecule has 0 fully saturated rings. The lowest BCUT2D eigenvalue weighted by atomic mass is 10.1. The van der Waals surface area contributed by atoms with E-state index in [-0.39, 0.29) is 0 Å². The van der Waals surface area contributed by atoms with Crippen molar-refractivity contribution in [3.05, 3.63) is 27.6 Å². The Balaban J connectivity index is 3.61. The fourth-order valence-electron chi connectivity index (χ4n) is 1.14. The Kier molecular flexibility index (Phi) is 3.30. The molecule has 0 unspecified atom stereocenters. The zero-order valence-corrected chi connectivity index (χ0v) is 7.98. The number of halogens is 2. The lowest BCUT2D eigenvalue weighted by Gasteiger charge is -2.07. The Morgan fingerprint density at radius 1 is 1.69 bits per heavy atom. The predicted octanol–water partition coefficient (Wildman–Crippen LogP) is 1.81. The number of alkyl halides is 2. The first kappa shape index (κ1) is 11.8. The highest BCUT2D eigenvalue weighted by atomic mass is 19.3. The van der Waals surface area contributed by atoms with Gasteiger partial charge < -0.3 is 4.74 Å². The summed E-state index contributed by atoms with van der Waals surface area (Å²) in [6.45, 7) is 0. The van der Waals surface area contributed by atoms with Crippen LogP contribution in [0.3, 0.4) is 0 Å². The van der Waals surface area contributed by atoms with Gasteiger partial charge >= 0.3 is 5.69 Å². The van der Waals surface area contributed by atoms with Crippen LogP contribution in [0.2, 0.25) is 0 Å². The molecular weight excluding hydrogens is 224 g/mol. The maximum atomic E-state index is 12.6. The zero-order valence-electron chi connectivity index (χ0n) is 7.98. The first-order valence-electron chi connectivity index (χ1n) is 3.92. The third-order valence-electron chi connectivity index (χ3n) is 1.78. The van der Waals surface area contributed by atoms with Gasteiger partial charge in [-0.1, -0.05) is 0 Å². The maximum absolute atomic E-state index is 12.6. The molecule has 0 aliphatic carbocycles. The molecule has 6 nitrogen and oxygen atoms in total. The van der Waals surface area contributed by atoms with E-state index in [4.69, 9.17) is 5.26 Å². The number of nitro groups is 1. The minimum Gasteiger partial charge on any atom is -0.494 e. The summed E-state index contributed by atoms with van der Waals surface area (Å²) in [5.74, 6) is -0.416. The second kappa shape index (κ2) is 4.48. The van der Waals surface area contributed by atoms with Gasteiger partial charge in [0.25, 0.3) is 6.43 Å². The predicted molar refractivity (Wildman–Crippen MR) is 47.1 cm³/mol. The van der Waals surface area contributed by atoms with Crippen molar-refractivity contribution in [3.8, 4) is 11.8 Å². The molecule has 0 radical (unpaired) electrons. The van der Waals surface area contributed by atoms with Gasteiger partial charge in [0.15, 0.2) is 5.75 Å². The van der Waals surface area contributed by atoms with Crippen molar-refractivity contribution in [2.24, 2.45) is 0 Å². The van der Waals surface area contributed by atoms with Crippen molar-refractivity contribution in [2.45, 2.75) is 6.43 Å². The number of nitriles is 1. The van der Waals surface area contributed by atoms with Crippen molar-refractivity contribution < 1.29 is 18.4 Å². The number of rotatable bonds is 3. The lowest BCUT2D eigenvalue weighted by Crippen LogP contribution is -2.04. The Bertz CT molecular complexity index is 470. The molecule has 0 aliphatic rings. The summed E-state index contributed by atoms with van der Waals surface area (Å²) in [5, 5.41) is 19.1. The van der Waals surface area contributed by atoms with Crippen molar-refractivity contribution >= 4 is 5.69 Å². The summed E-state index contributed by atoms with van der Waals surface area (Å²) in [6.07, 6.45) is -2.27. The quantitative estimate of drug-likeness (QED) is 0.582. The van der Waals surface area contributed by atoms with Crippen molar-refractivity contribution in [1.29, 1.82) is 5.26 Å². The molecule has 0 aliphatic heterocycles. The van der Waals surface area contributed by atoms with Gasteiger partial charge in [-0.05, 0) is 0 Å². The molecule has 1 heterocycles. The van der Waals surface area contributed by atoms with Gasteiger partial charge in [-0.25, -0.2) is 13.8 Å². The molecule has 0 aromatic carbocycles. The number of methoxy groups -OCH3 is 1. The van der Waals surface area contributed by atoms with Crippen LogP contribution in [-0.4, -0.2) is 17.0 Å². The van der Waals surface area contributed by atoms with Gasteiger partial charge in [-0.3, -0.25) is 10.1 Å². The summed E-state index contributed by atoms with van der Waals surface area (Å²) in [6, 6.07) is 1.38. The van der Waals surface area contributed by atoms with E-state index in [0.29, 0.717) is 0 Å². The van der Waals surface area contributed by atoms with Crippen LogP contribution < -0.4 is 4.74 Å². The number of hydrogen-bond donors (Lipinski definition) is 0. The molecule has 0 spiro atoms. The van der Waals surface area contributed by atoms with E-state index in [0.717, 1.165) is 13.3 Å². The molecule has 0 saturated heterocycles. The highest BCUT2D eigenvalue weighted by Crippen LogP contribution is 2.37. The Morgan fingerprint density at radius 2 is 2.31 bits per heavy atom. The monoisotopic (exact) mass is 229 g/mol. The van der Waals surface area contributed by atoms with Crippen LogP contribution in [0.4, 0.5) is 14.5 Å². The average Bonchev–Trinajstić information content (AvgIpc) is 2.26. The van der Waals surface area contributed by atoms with E-state index >= 15 is 0 Å². The summed E-state index contributed by atoms with van der Waals surface area (Å²) in [5.41, 5.74) is -2.61. The molecule has 1 aromatic heterocycles. The van der Waals surface area contributed by atoms with E-state index in [1.807, 2.05) is 0 Å². The summed E-state index contributed by atoms with van der Waals surface area (Å²) >= 11 is 0. The maximum Gasteiger partial charge on any atom is 0.318 e. The van der Waals surface area contributed by atoms with Crippen LogP contribution in [0.1, 0.15) is 17.7 Å². The van der Waals surface area contributed by atoms with Crippen LogP contribution >= 0.6 is 0 Å². The topological polar surface area (TPSA) is 89.0 Å². The summed E-state index contributed by atoms with van der Waals surface area (Å²) in [4.78, 5) is 12.9. The Hall–Kier alpha value is -2.30. The SMILES string of the molecule is COc1cnc(C#N)c([N+](=O)[O-])c1C(F)F. The third-order valence-corrected chi connectivity index (χ3v) is 1.78. The molecule has 16 heavy (non-hydrogen) atoms. The van der Waals surface area contributed by atoms with Gasteiger partial charge in [-0.15, -0.1) is 0 Å². The number of ether oxygens (including phenoxy) is 1. The number of hydrogen-bond acceptors (Lipinski definition) is 5. The van der Waals surface area contributed by atoms with Crippen LogP contribution in [0.15, 0.2) is 6.20 Å². The normalized spacial score (nSPS) is 9.94. The van der Waals surface area contributed by atoms with Gasteiger partial charge in [0.05, 0.1) is 18.2 Å². The van der Waals surface area contributed by atoms with Gasteiger partial charge in [0.1, 0.15) is 11.6 Å². The Labute approximate surface area is 88.2 Å². The van der Waals surface area contributed by atoms with E-state index in [1.165, 1.54) is 6.07 Å². The molecule has 0 atom stereocenters. The van der Waals surface area contributed by atoms with Crippen LogP contribution in [0.25, 0.3) is 0 Å². The van der Waals surface area contributed by atoms with Gasteiger partial charge in [0, 0.05) is 0 Å². The Morgan fingerprint density at radius 3 is 2.69 bits per heavy atom. The molecule has 0 bridgehead atoms. The molecule has 0 amide bonds. The fourth-order valence-corrected chi connectivity index (χ4v) is 1.14. The highest BCUT2D eigenvalue weighted by molar-refractivity contribution is 5.56. The number of aromatic nitrogens is 1. The van der Waals surface area contributed by atoms with E-state index in [9.17, 15) is 18.9 Å². The number of nitrogens with zero attached hydrogens (tertiary/aromatic N) is 3. The molecule has 0 saturated carbocycles. The third kappa shape index (κ3) is 1.88.